The van der Waals surface area contributed by atoms with E-state index in [1.54, 1.807) is 4.90 Å². The summed E-state index contributed by atoms with van der Waals surface area (Å²) in [5.41, 5.74) is 0.446. The van der Waals surface area contributed by atoms with Crippen LogP contribution in [-0.4, -0.2) is 51.1 Å². The highest BCUT2D eigenvalue weighted by atomic mass is 32.2. The Labute approximate surface area is 136 Å². The Balaban J connectivity index is 2.13. The highest BCUT2D eigenvalue weighted by Crippen LogP contribution is 2.16. The van der Waals surface area contributed by atoms with Gasteiger partial charge in [0.05, 0.1) is 23.6 Å². The Morgan fingerprint density at radius 2 is 1.87 bits per heavy atom. The number of nitrogens with one attached hydrogen (secondary N) is 1. The van der Waals surface area contributed by atoms with Crippen molar-refractivity contribution in [1.29, 1.82) is 0 Å². The molecule has 2 atom stereocenters. The maximum absolute atomic E-state index is 12.5. The molecule has 1 heterocycles. The molecule has 0 spiro atoms. The zero-order valence-corrected chi connectivity index (χ0v) is 14.0. The number of sulfonamides is 1. The van der Waals surface area contributed by atoms with Crippen molar-refractivity contribution in [2.75, 3.05) is 19.6 Å². The molecule has 6 nitrogen and oxygen atoms in total. The van der Waals surface area contributed by atoms with Crippen LogP contribution in [0.25, 0.3) is 0 Å². The largest absolute Gasteiger partial charge is 0.372 e. The standard InChI is InChI=1S/C16H20N2O4S/c1-4-9-17-23(20,21)15-7-5-14(6-8-15)16(19)18-10-12(2)22-13(3)11-18/h1,5-8,12-13,17H,9-11H2,2-3H3. The van der Waals surface area contributed by atoms with Crippen molar-refractivity contribution >= 4 is 15.9 Å². The van der Waals surface area contributed by atoms with Gasteiger partial charge in [0.25, 0.3) is 5.91 Å². The van der Waals surface area contributed by atoms with Gasteiger partial charge in [-0.1, -0.05) is 5.92 Å². The third-order valence-corrected chi connectivity index (χ3v) is 4.90. The molecule has 2 rings (SSSR count). The average molecular weight is 336 g/mol. The summed E-state index contributed by atoms with van der Waals surface area (Å²) in [5.74, 6) is 2.08. The van der Waals surface area contributed by atoms with Crippen molar-refractivity contribution in [3.05, 3.63) is 29.8 Å². The second-order valence-electron chi connectivity index (χ2n) is 5.52. The monoisotopic (exact) mass is 336 g/mol. The van der Waals surface area contributed by atoms with E-state index < -0.39 is 10.0 Å². The van der Waals surface area contributed by atoms with Crippen molar-refractivity contribution < 1.29 is 17.9 Å². The first-order valence-electron chi connectivity index (χ1n) is 7.31. The van der Waals surface area contributed by atoms with Gasteiger partial charge in [-0.05, 0) is 38.1 Å². The maximum Gasteiger partial charge on any atom is 0.254 e. The lowest BCUT2D eigenvalue weighted by atomic mass is 10.1. The zero-order valence-electron chi connectivity index (χ0n) is 13.2. The van der Waals surface area contributed by atoms with E-state index in [1.165, 1.54) is 24.3 Å². The number of nitrogens with zero attached hydrogens (tertiary/aromatic N) is 1. The van der Waals surface area contributed by atoms with Crippen LogP contribution in [0.5, 0.6) is 0 Å². The molecule has 0 aliphatic carbocycles. The molecular formula is C16H20N2O4S. The fourth-order valence-corrected chi connectivity index (χ4v) is 3.46. The maximum atomic E-state index is 12.5. The number of hydrogen-bond donors (Lipinski definition) is 1. The molecule has 0 bridgehead atoms. The van der Waals surface area contributed by atoms with E-state index in [-0.39, 0.29) is 29.6 Å². The molecule has 0 radical (unpaired) electrons. The highest BCUT2D eigenvalue weighted by Gasteiger charge is 2.26. The van der Waals surface area contributed by atoms with Crippen molar-refractivity contribution in [3.8, 4) is 12.3 Å². The van der Waals surface area contributed by atoms with Gasteiger partial charge in [0.15, 0.2) is 0 Å². The van der Waals surface area contributed by atoms with Gasteiger partial charge in [-0.25, -0.2) is 8.42 Å². The predicted molar refractivity (Wildman–Crippen MR) is 86.4 cm³/mol. The topological polar surface area (TPSA) is 75.7 Å². The summed E-state index contributed by atoms with van der Waals surface area (Å²) in [7, 11) is -3.64. The highest BCUT2D eigenvalue weighted by molar-refractivity contribution is 7.89. The van der Waals surface area contributed by atoms with E-state index in [4.69, 9.17) is 11.2 Å². The molecular weight excluding hydrogens is 316 g/mol. The number of morpholine rings is 1. The minimum atomic E-state index is -3.64. The number of amides is 1. The van der Waals surface area contributed by atoms with Crippen molar-refractivity contribution in [2.24, 2.45) is 0 Å². The van der Waals surface area contributed by atoms with Crippen LogP contribution >= 0.6 is 0 Å². The van der Waals surface area contributed by atoms with Crippen LogP contribution < -0.4 is 4.72 Å². The van der Waals surface area contributed by atoms with Crippen LogP contribution in [-0.2, 0) is 14.8 Å². The van der Waals surface area contributed by atoms with Crippen LogP contribution in [0.4, 0.5) is 0 Å². The van der Waals surface area contributed by atoms with E-state index in [0.29, 0.717) is 18.7 Å². The Bertz CT molecular complexity index is 697. The van der Waals surface area contributed by atoms with E-state index in [2.05, 4.69) is 10.6 Å². The van der Waals surface area contributed by atoms with Gasteiger partial charge in [-0.2, -0.15) is 4.72 Å². The van der Waals surface area contributed by atoms with Crippen molar-refractivity contribution in [2.45, 2.75) is 31.0 Å². The van der Waals surface area contributed by atoms with Crippen LogP contribution in [0.1, 0.15) is 24.2 Å². The Morgan fingerprint density at radius 3 is 2.39 bits per heavy atom. The van der Waals surface area contributed by atoms with Crippen LogP contribution in [0, 0.1) is 12.3 Å². The number of rotatable bonds is 4. The van der Waals surface area contributed by atoms with Gasteiger partial charge in [-0.3, -0.25) is 4.79 Å². The predicted octanol–water partition coefficient (Wildman–Crippen LogP) is 0.847. The molecule has 2 unspecified atom stereocenters. The quantitative estimate of drug-likeness (QED) is 0.827. The first-order chi connectivity index (χ1) is 10.8. The number of hydrogen-bond acceptors (Lipinski definition) is 4. The van der Waals surface area contributed by atoms with E-state index in [9.17, 15) is 13.2 Å². The molecule has 1 saturated heterocycles. The Morgan fingerprint density at radius 1 is 1.30 bits per heavy atom. The van der Waals surface area contributed by atoms with Crippen LogP contribution in [0.2, 0.25) is 0 Å². The average Bonchev–Trinajstić information content (AvgIpc) is 2.51. The lowest BCUT2D eigenvalue weighted by molar-refractivity contribution is -0.0586. The number of ether oxygens (including phenoxy) is 1. The third kappa shape index (κ3) is 4.32. The van der Waals surface area contributed by atoms with E-state index in [1.807, 2.05) is 13.8 Å². The number of benzene rings is 1. The zero-order chi connectivity index (χ0) is 17.0. The molecule has 23 heavy (non-hydrogen) atoms. The Hall–Kier alpha value is -1.88. The molecule has 1 aliphatic rings. The summed E-state index contributed by atoms with van der Waals surface area (Å²) in [5, 5.41) is 0. The molecule has 7 heteroatoms. The molecule has 1 amide bonds. The number of terminal acetylenes is 1. The van der Waals surface area contributed by atoms with E-state index >= 15 is 0 Å². The molecule has 0 aromatic heterocycles. The second-order valence-corrected chi connectivity index (χ2v) is 7.29. The number of carbonyl (C=O) groups excluding carboxylic acids is 1. The molecule has 1 aliphatic heterocycles. The van der Waals surface area contributed by atoms with Crippen molar-refractivity contribution in [3.63, 3.8) is 0 Å². The molecule has 1 fully saturated rings. The fourth-order valence-electron chi connectivity index (χ4n) is 2.52. The first kappa shape index (κ1) is 17.5. The van der Waals surface area contributed by atoms with Crippen molar-refractivity contribution in [1.82, 2.24) is 9.62 Å². The molecule has 124 valence electrons. The van der Waals surface area contributed by atoms with Gasteiger partial charge >= 0.3 is 0 Å². The summed E-state index contributed by atoms with van der Waals surface area (Å²) in [6, 6.07) is 5.83. The molecule has 0 saturated carbocycles. The van der Waals surface area contributed by atoms with Gasteiger partial charge in [0, 0.05) is 18.7 Å². The normalized spacial score (nSPS) is 21.7. The summed E-state index contributed by atoms with van der Waals surface area (Å²) in [4.78, 5) is 14.3. The Kier molecular flexibility index (Phi) is 5.42. The third-order valence-electron chi connectivity index (χ3n) is 3.48. The minimum Gasteiger partial charge on any atom is -0.372 e. The van der Waals surface area contributed by atoms with Gasteiger partial charge in [0.2, 0.25) is 10.0 Å². The first-order valence-corrected chi connectivity index (χ1v) is 8.79. The lowest BCUT2D eigenvalue weighted by Crippen LogP contribution is -2.48. The van der Waals surface area contributed by atoms with E-state index in [0.717, 1.165) is 0 Å². The minimum absolute atomic E-state index is 0.0182. The summed E-state index contributed by atoms with van der Waals surface area (Å²) in [6.07, 6.45) is 5.01. The van der Waals surface area contributed by atoms with Gasteiger partial charge in [0.1, 0.15) is 0 Å². The van der Waals surface area contributed by atoms with Gasteiger partial charge in [-0.15, -0.1) is 6.42 Å². The summed E-state index contributed by atoms with van der Waals surface area (Å²) >= 11 is 0. The summed E-state index contributed by atoms with van der Waals surface area (Å²) < 4.78 is 31.8. The van der Waals surface area contributed by atoms with Crippen LogP contribution in [0.15, 0.2) is 29.2 Å². The SMILES string of the molecule is C#CCNS(=O)(=O)c1ccc(C(=O)N2CC(C)OC(C)C2)cc1. The van der Waals surface area contributed by atoms with Gasteiger partial charge < -0.3 is 9.64 Å². The van der Waals surface area contributed by atoms with Crippen LogP contribution in [0.3, 0.4) is 0 Å². The lowest BCUT2D eigenvalue weighted by Gasteiger charge is -2.35. The number of carbonyl (C=O) groups is 1. The fraction of sp³-hybridized carbons (Fsp3) is 0.438. The molecule has 1 aromatic carbocycles. The smallest absolute Gasteiger partial charge is 0.254 e. The molecule has 1 aromatic rings. The summed E-state index contributed by atoms with van der Waals surface area (Å²) in [6.45, 7) is 4.80. The second kappa shape index (κ2) is 7.13. The molecule has 1 N–H and O–H groups in total.